The Balaban J connectivity index is 1.68. The molecule has 1 saturated carbocycles. The van der Waals surface area contributed by atoms with E-state index in [2.05, 4.69) is 40.1 Å². The molecule has 1 aliphatic rings. The van der Waals surface area contributed by atoms with Crippen molar-refractivity contribution < 1.29 is 4.52 Å². The van der Waals surface area contributed by atoms with E-state index in [4.69, 9.17) is 9.51 Å². The molecule has 130 valence electrons. The third-order valence-corrected chi connectivity index (χ3v) is 4.62. The van der Waals surface area contributed by atoms with Crippen molar-refractivity contribution in [1.29, 1.82) is 0 Å². The summed E-state index contributed by atoms with van der Waals surface area (Å²) in [6.45, 7) is 4.20. The molecule has 1 aliphatic carbocycles. The predicted octanol–water partition coefficient (Wildman–Crippen LogP) is 4.00. The predicted molar refractivity (Wildman–Crippen MR) is 96.4 cm³/mol. The summed E-state index contributed by atoms with van der Waals surface area (Å²) in [7, 11) is 0. The van der Waals surface area contributed by atoms with Gasteiger partial charge in [-0.1, -0.05) is 11.2 Å². The van der Waals surface area contributed by atoms with E-state index in [1.54, 1.807) is 6.20 Å². The molecule has 4 aromatic heterocycles. The van der Waals surface area contributed by atoms with E-state index in [9.17, 15) is 0 Å². The molecule has 0 radical (unpaired) electrons. The molecule has 0 unspecified atom stereocenters. The lowest BCUT2D eigenvalue weighted by Gasteiger charge is -2.08. The zero-order chi connectivity index (χ0) is 17.7. The van der Waals surface area contributed by atoms with Gasteiger partial charge in [-0.15, -0.1) is 0 Å². The Hall–Kier alpha value is -3.09. The van der Waals surface area contributed by atoms with E-state index in [0.29, 0.717) is 23.3 Å². The van der Waals surface area contributed by atoms with Crippen LogP contribution in [0.5, 0.6) is 0 Å². The topological polar surface area (TPSA) is 82.5 Å². The van der Waals surface area contributed by atoms with Crippen molar-refractivity contribution in [1.82, 2.24) is 29.9 Å². The van der Waals surface area contributed by atoms with Gasteiger partial charge in [0.2, 0.25) is 5.82 Å². The Morgan fingerprint density at radius 3 is 2.81 bits per heavy atom. The first-order valence-electron chi connectivity index (χ1n) is 8.84. The van der Waals surface area contributed by atoms with Crippen LogP contribution in [0, 0.1) is 0 Å². The summed E-state index contributed by atoms with van der Waals surface area (Å²) in [6, 6.07) is 7.93. The smallest absolute Gasteiger partial charge is 0.259 e. The normalized spacial score (nSPS) is 14.4. The molecule has 0 bridgehead atoms. The van der Waals surface area contributed by atoms with Crippen LogP contribution in [-0.4, -0.2) is 29.9 Å². The van der Waals surface area contributed by atoms with E-state index >= 15 is 0 Å². The third kappa shape index (κ3) is 2.47. The maximum absolute atomic E-state index is 5.57. The molecule has 4 heterocycles. The molecule has 0 spiro atoms. The fourth-order valence-electron chi connectivity index (χ4n) is 3.11. The van der Waals surface area contributed by atoms with Gasteiger partial charge in [0.15, 0.2) is 5.65 Å². The summed E-state index contributed by atoms with van der Waals surface area (Å²) in [5.41, 5.74) is 3.52. The number of fused-ring (bicyclic) bond motifs is 1. The summed E-state index contributed by atoms with van der Waals surface area (Å²) in [4.78, 5) is 13.7. The Labute approximate surface area is 150 Å². The first kappa shape index (κ1) is 15.2. The lowest BCUT2D eigenvalue weighted by atomic mass is 10.1. The second-order valence-electron chi connectivity index (χ2n) is 6.93. The van der Waals surface area contributed by atoms with E-state index < -0.39 is 0 Å². The van der Waals surface area contributed by atoms with Crippen LogP contribution in [0.1, 0.15) is 44.3 Å². The van der Waals surface area contributed by atoms with Gasteiger partial charge in [-0.05, 0) is 44.9 Å². The summed E-state index contributed by atoms with van der Waals surface area (Å²) in [5.74, 6) is 1.48. The van der Waals surface area contributed by atoms with Crippen molar-refractivity contribution >= 4 is 11.0 Å². The first-order chi connectivity index (χ1) is 12.7. The monoisotopic (exact) mass is 346 g/mol. The molecule has 0 aromatic carbocycles. The summed E-state index contributed by atoms with van der Waals surface area (Å²) in [5, 5.41) is 9.55. The molecule has 0 amide bonds. The molecule has 4 aromatic rings. The van der Waals surface area contributed by atoms with Gasteiger partial charge in [-0.2, -0.15) is 10.1 Å². The number of hydrogen-bond acceptors (Lipinski definition) is 6. The van der Waals surface area contributed by atoms with Crippen molar-refractivity contribution in [3.63, 3.8) is 0 Å². The molecule has 0 N–H and O–H groups in total. The summed E-state index contributed by atoms with van der Waals surface area (Å²) in [6.07, 6.45) is 5.90. The van der Waals surface area contributed by atoms with Crippen molar-refractivity contribution in [2.45, 2.75) is 38.6 Å². The molecule has 5 rings (SSSR count). The highest BCUT2D eigenvalue weighted by atomic mass is 16.5. The van der Waals surface area contributed by atoms with Crippen LogP contribution in [0.2, 0.25) is 0 Å². The van der Waals surface area contributed by atoms with E-state index in [-0.39, 0.29) is 6.04 Å². The minimum absolute atomic E-state index is 0.231. The van der Waals surface area contributed by atoms with Gasteiger partial charge < -0.3 is 4.52 Å². The van der Waals surface area contributed by atoms with E-state index in [0.717, 1.165) is 22.3 Å². The fourth-order valence-corrected chi connectivity index (χ4v) is 3.11. The Kier molecular flexibility index (Phi) is 3.34. The highest BCUT2D eigenvalue weighted by molar-refractivity contribution is 5.90. The fraction of sp³-hybridized carbons (Fsp3) is 0.316. The molecular weight excluding hydrogens is 328 g/mol. The van der Waals surface area contributed by atoms with E-state index in [1.165, 1.54) is 12.8 Å². The van der Waals surface area contributed by atoms with Crippen LogP contribution >= 0.6 is 0 Å². The Bertz CT molecular complexity index is 1080. The first-order valence-corrected chi connectivity index (χ1v) is 8.84. The minimum atomic E-state index is 0.231. The quantitative estimate of drug-likeness (QED) is 0.555. The van der Waals surface area contributed by atoms with Crippen LogP contribution in [-0.2, 0) is 0 Å². The number of nitrogens with zero attached hydrogens (tertiary/aromatic N) is 6. The van der Waals surface area contributed by atoms with Crippen LogP contribution in [0.25, 0.3) is 34.0 Å². The molecule has 7 heteroatoms. The SMILES string of the molecule is CC(C)n1ncc2c(-c3nc(-c4ccccn4)no3)cc(C3CC3)nc21. The van der Waals surface area contributed by atoms with Gasteiger partial charge >= 0.3 is 0 Å². The number of rotatable bonds is 4. The van der Waals surface area contributed by atoms with Crippen LogP contribution in [0.15, 0.2) is 41.2 Å². The number of pyridine rings is 2. The van der Waals surface area contributed by atoms with Gasteiger partial charge in [-0.25, -0.2) is 9.67 Å². The molecule has 0 saturated heterocycles. The van der Waals surface area contributed by atoms with Gasteiger partial charge in [0.25, 0.3) is 5.89 Å². The molecule has 7 nitrogen and oxygen atoms in total. The average molecular weight is 346 g/mol. The zero-order valence-electron chi connectivity index (χ0n) is 14.6. The molecule has 0 aliphatic heterocycles. The van der Waals surface area contributed by atoms with Crippen LogP contribution in [0.4, 0.5) is 0 Å². The lowest BCUT2D eigenvalue weighted by molar-refractivity contribution is 0.432. The van der Waals surface area contributed by atoms with Gasteiger partial charge in [0.05, 0.1) is 17.1 Å². The Morgan fingerprint density at radius 2 is 2.08 bits per heavy atom. The molecule has 1 fully saturated rings. The minimum Gasteiger partial charge on any atom is -0.334 e. The van der Waals surface area contributed by atoms with Crippen molar-refractivity contribution in [3.8, 4) is 23.0 Å². The molecule has 0 atom stereocenters. The maximum Gasteiger partial charge on any atom is 0.259 e. The van der Waals surface area contributed by atoms with Gasteiger partial charge in [-0.3, -0.25) is 4.98 Å². The molecule has 26 heavy (non-hydrogen) atoms. The van der Waals surface area contributed by atoms with Gasteiger partial charge in [0, 0.05) is 23.9 Å². The summed E-state index contributed by atoms with van der Waals surface area (Å²) < 4.78 is 7.52. The van der Waals surface area contributed by atoms with Crippen LogP contribution in [0.3, 0.4) is 0 Å². The highest BCUT2D eigenvalue weighted by Gasteiger charge is 2.28. The average Bonchev–Trinajstić information content (AvgIpc) is 3.23. The van der Waals surface area contributed by atoms with Crippen molar-refractivity contribution in [2.24, 2.45) is 0 Å². The third-order valence-electron chi connectivity index (χ3n) is 4.62. The zero-order valence-corrected chi connectivity index (χ0v) is 14.6. The van der Waals surface area contributed by atoms with Crippen LogP contribution < -0.4 is 0 Å². The standard InChI is InChI=1S/C19H18N6O/c1-11(2)25-18-14(10-21-25)13(9-16(22-18)12-6-7-12)19-23-17(24-26-19)15-5-3-4-8-20-15/h3-5,8-12H,6-7H2,1-2H3. The largest absolute Gasteiger partial charge is 0.334 e. The molecular formula is C19H18N6O. The van der Waals surface area contributed by atoms with Crippen molar-refractivity contribution in [2.75, 3.05) is 0 Å². The van der Waals surface area contributed by atoms with Crippen molar-refractivity contribution in [3.05, 3.63) is 42.4 Å². The number of aromatic nitrogens is 6. The Morgan fingerprint density at radius 1 is 1.19 bits per heavy atom. The highest BCUT2D eigenvalue weighted by Crippen LogP contribution is 2.42. The second kappa shape index (κ2) is 5.72. The van der Waals surface area contributed by atoms with E-state index in [1.807, 2.05) is 29.1 Å². The summed E-state index contributed by atoms with van der Waals surface area (Å²) >= 11 is 0. The lowest BCUT2D eigenvalue weighted by Crippen LogP contribution is -2.04. The second-order valence-corrected chi connectivity index (χ2v) is 6.93. The number of hydrogen-bond donors (Lipinski definition) is 0. The maximum atomic E-state index is 5.57. The van der Waals surface area contributed by atoms with Gasteiger partial charge in [0.1, 0.15) is 5.69 Å².